The van der Waals surface area contributed by atoms with Gasteiger partial charge in [-0.15, -0.1) is 0 Å². The molecule has 0 N–H and O–H groups in total. The van der Waals surface area contributed by atoms with Crippen molar-refractivity contribution in [2.24, 2.45) is 0 Å². The van der Waals surface area contributed by atoms with Gasteiger partial charge in [-0.1, -0.05) is 147 Å². The Morgan fingerprint density at radius 1 is 0.291 bits per heavy atom. The minimum absolute atomic E-state index is 0.284. The first-order valence-electron chi connectivity index (χ1n) is 28.8. The Balaban J connectivity index is 0.780. The molecule has 0 aromatic heterocycles. The first-order chi connectivity index (χ1) is 38.8. The summed E-state index contributed by atoms with van der Waals surface area (Å²) in [6.45, 7) is 2.45. The third-order valence-electron chi connectivity index (χ3n) is 18.2. The Kier molecular flexibility index (Phi) is 12.8. The second kappa shape index (κ2) is 20.5. The van der Waals surface area contributed by atoms with Crippen LogP contribution in [0.1, 0.15) is 51.0 Å². The van der Waals surface area contributed by atoms with E-state index in [2.05, 4.69) is 278 Å². The van der Waals surface area contributed by atoms with Crippen molar-refractivity contribution in [2.45, 2.75) is 67.1 Å². The van der Waals surface area contributed by atoms with Gasteiger partial charge < -0.3 is 4.90 Å². The fourth-order valence-corrected chi connectivity index (χ4v) is 21.4. The molecule has 1 aliphatic carbocycles. The van der Waals surface area contributed by atoms with E-state index in [0.29, 0.717) is 0 Å². The van der Waals surface area contributed by atoms with Gasteiger partial charge in [-0.3, -0.25) is 0 Å². The molecule has 2 aliphatic rings. The number of rotatable bonds is 11. The van der Waals surface area contributed by atoms with Crippen molar-refractivity contribution in [2.75, 3.05) is 4.90 Å². The van der Waals surface area contributed by atoms with Crippen molar-refractivity contribution in [1.82, 2.24) is 0 Å². The Labute approximate surface area is 469 Å². The van der Waals surface area contributed by atoms with Crippen molar-refractivity contribution in [1.29, 1.82) is 0 Å². The van der Waals surface area contributed by atoms with Crippen LogP contribution in [0.3, 0.4) is 0 Å². The molecule has 0 amide bonds. The summed E-state index contributed by atoms with van der Waals surface area (Å²) in [7, 11) is 0. The fraction of sp³-hybridized carbons (Fsp3) is 0.143. The number of nitrogens with zero attached hydrogens (tertiary/aromatic N) is 1. The molecule has 0 radical (unpaired) electrons. The smallest absolute Gasteiger partial charge is 0.0524 e. The molecule has 1 aliphatic heterocycles. The van der Waals surface area contributed by atoms with Crippen LogP contribution in [0.25, 0.3) is 99.1 Å². The topological polar surface area (TPSA) is 3.24 Å². The number of benzene rings is 12. The van der Waals surface area contributed by atoms with E-state index in [1.807, 2.05) is 0 Å². The average molecular weight is 1080 g/mol. The van der Waals surface area contributed by atoms with Crippen LogP contribution in [0.15, 0.2) is 261 Å². The number of anilines is 3. The second-order valence-corrected chi connectivity index (χ2v) is 33.2. The summed E-state index contributed by atoms with van der Waals surface area (Å²) in [5.74, 6) is 2.63. The van der Waals surface area contributed by atoms with Crippen LogP contribution in [0.4, 0.5) is 17.1 Å². The van der Waals surface area contributed by atoms with Gasteiger partial charge in [0.15, 0.2) is 0 Å². The van der Waals surface area contributed by atoms with Crippen molar-refractivity contribution in [3.63, 3.8) is 0 Å². The number of hydrogen-bond donors (Lipinski definition) is 0. The molecule has 0 atom stereocenters. The van der Waals surface area contributed by atoms with Crippen LogP contribution in [0, 0.1) is 0 Å². The Morgan fingerprint density at radius 3 is 1.00 bits per heavy atom. The summed E-state index contributed by atoms with van der Waals surface area (Å²) in [6.07, 6.45) is 8.05. The molecule has 12 aromatic rings. The molecule has 2 heteroatoms. The predicted molar refractivity (Wildman–Crippen MR) is 342 cm³/mol. The van der Waals surface area contributed by atoms with Crippen molar-refractivity contribution < 1.29 is 0 Å². The quantitative estimate of drug-likeness (QED) is 0.117. The fourth-order valence-electron chi connectivity index (χ4n) is 13.3. The van der Waals surface area contributed by atoms with Gasteiger partial charge in [-0.25, -0.2) is 0 Å². The minimum atomic E-state index is -1.87. The minimum Gasteiger partial charge on any atom is -0.0524 e. The van der Waals surface area contributed by atoms with E-state index in [-0.39, 0.29) is 5.41 Å². The van der Waals surface area contributed by atoms with Crippen LogP contribution in [0.5, 0.6) is 0 Å². The van der Waals surface area contributed by atoms with Gasteiger partial charge in [-0.2, -0.15) is 0 Å². The standard InChI is InChI=1S/C77H65GeN/c1-77(43-6-7-44-77)72-14-10-13-62(53-72)68-26-20-61-19-25-67(51-71(61)52-68)58-33-41-76(42-34-58)79(74-37-29-56(30-38-74)65-23-17-59-15-21-63(47-69(59)49-65)54-11-4-3-5-12-54)75-39-31-57(32-40-75)66-24-18-60-16-22-64(48-70(60)50-66)55-27-35-73(36-28-55)78(2)45-8-9-46-78/h3-5,10-42,47-53H,6-9,43-46H2,1-2H3. The molecule has 12 aromatic carbocycles. The van der Waals surface area contributed by atoms with E-state index in [4.69, 9.17) is 0 Å². The Bertz CT molecular complexity index is 4180. The SMILES string of the molecule is CC1(c2cccc(-c3ccc4ccc(-c5ccc(N(c6ccc(-c7ccc8ccc(-c9ccccc9)cc8c7)cc6)c6ccc(-c7ccc8ccc(-c9cc[c]([Ge]%10([CH3])[CH2]CC[CH2]%10)cc9)cc8c7)cc6)cc5)cc4c3)c2)CCCC1. The zero-order valence-electron chi connectivity index (χ0n) is 45.4. The summed E-state index contributed by atoms with van der Waals surface area (Å²) in [5, 5.41) is 10.5. The molecule has 79 heavy (non-hydrogen) atoms. The summed E-state index contributed by atoms with van der Waals surface area (Å²) in [4.78, 5) is 2.39. The molecule has 1 heterocycles. The van der Waals surface area contributed by atoms with Crippen LogP contribution in [0.2, 0.25) is 16.3 Å². The summed E-state index contributed by atoms with van der Waals surface area (Å²) >= 11 is -1.87. The van der Waals surface area contributed by atoms with Gasteiger partial charge in [0.1, 0.15) is 0 Å². The van der Waals surface area contributed by atoms with E-state index >= 15 is 0 Å². The third kappa shape index (κ3) is 9.70. The zero-order valence-corrected chi connectivity index (χ0v) is 47.5. The van der Waals surface area contributed by atoms with Gasteiger partial charge >= 0.3 is 165 Å². The maximum absolute atomic E-state index is 2.63. The normalized spacial score (nSPS) is 14.8. The predicted octanol–water partition coefficient (Wildman–Crippen LogP) is 21.5. The molecule has 1 saturated carbocycles. The molecule has 14 rings (SSSR count). The molecule has 1 saturated heterocycles. The first-order valence-corrected chi connectivity index (χ1v) is 34.9. The molecule has 2 fully saturated rings. The average Bonchev–Trinajstić information content (AvgIpc) is 4.23. The molecular weight excluding hydrogens is 1010 g/mol. The van der Waals surface area contributed by atoms with E-state index in [9.17, 15) is 0 Å². The summed E-state index contributed by atoms with van der Waals surface area (Å²) < 4.78 is 1.67. The van der Waals surface area contributed by atoms with Gasteiger partial charge in [0, 0.05) is 17.1 Å². The summed E-state index contributed by atoms with van der Waals surface area (Å²) in [6, 6.07) is 98.4. The van der Waals surface area contributed by atoms with E-state index in [1.165, 1.54) is 154 Å². The molecule has 0 unspecified atom stereocenters. The van der Waals surface area contributed by atoms with E-state index < -0.39 is 13.3 Å². The van der Waals surface area contributed by atoms with Crippen molar-refractivity contribution in [3.05, 3.63) is 266 Å². The first kappa shape index (κ1) is 49.1. The van der Waals surface area contributed by atoms with Gasteiger partial charge in [0.2, 0.25) is 0 Å². The van der Waals surface area contributed by atoms with Crippen molar-refractivity contribution >= 4 is 67.0 Å². The van der Waals surface area contributed by atoms with Crippen LogP contribution >= 0.6 is 0 Å². The van der Waals surface area contributed by atoms with Crippen LogP contribution < -0.4 is 9.30 Å². The van der Waals surface area contributed by atoms with Crippen LogP contribution in [-0.2, 0) is 5.41 Å². The summed E-state index contributed by atoms with van der Waals surface area (Å²) in [5.41, 5.74) is 19.9. The second-order valence-electron chi connectivity index (χ2n) is 23.4. The van der Waals surface area contributed by atoms with Gasteiger partial charge in [-0.05, 0) is 138 Å². The number of hydrogen-bond acceptors (Lipinski definition) is 1. The maximum atomic E-state index is 2.63. The van der Waals surface area contributed by atoms with E-state index in [1.54, 1.807) is 4.40 Å². The Morgan fingerprint density at radius 2 is 0.608 bits per heavy atom. The van der Waals surface area contributed by atoms with E-state index in [0.717, 1.165) is 17.1 Å². The van der Waals surface area contributed by atoms with Crippen molar-refractivity contribution in [3.8, 4) is 66.8 Å². The molecule has 382 valence electrons. The monoisotopic (exact) mass is 1080 g/mol. The van der Waals surface area contributed by atoms with Crippen LogP contribution in [-0.4, -0.2) is 13.3 Å². The zero-order chi connectivity index (χ0) is 52.9. The van der Waals surface area contributed by atoms with Gasteiger partial charge in [0.05, 0.1) is 0 Å². The molecular formula is C77H65GeN. The Hall–Kier alpha value is -8.24. The number of fused-ring (bicyclic) bond motifs is 3. The van der Waals surface area contributed by atoms with Gasteiger partial charge in [0.25, 0.3) is 0 Å². The molecule has 0 bridgehead atoms. The molecule has 0 spiro atoms. The molecule has 1 nitrogen and oxygen atoms in total. The third-order valence-corrected chi connectivity index (χ3v) is 28.0.